The van der Waals surface area contributed by atoms with Crippen LogP contribution in [0, 0.1) is 10.7 Å². The zero-order chi connectivity index (χ0) is 27.2. The van der Waals surface area contributed by atoms with E-state index in [1.165, 1.54) is 0 Å². The van der Waals surface area contributed by atoms with Crippen molar-refractivity contribution < 1.29 is 29.7 Å². The smallest absolute Gasteiger partial charge is 0.320 e. The number of carboxylic acid groups (broad SMARTS) is 3. The van der Waals surface area contributed by atoms with Crippen LogP contribution >= 0.6 is 11.8 Å². The third-order valence-corrected chi connectivity index (χ3v) is 7.16. The van der Waals surface area contributed by atoms with E-state index in [-0.39, 0.29) is 13.1 Å². The summed E-state index contributed by atoms with van der Waals surface area (Å²) in [5.74, 6) is -2.82. The first-order valence-corrected chi connectivity index (χ1v) is 13.3. The Balaban J connectivity index is 2.19. The van der Waals surface area contributed by atoms with Gasteiger partial charge in [-0.15, -0.1) is 0 Å². The minimum Gasteiger partial charge on any atom is -0.480 e. The molecule has 37 heavy (non-hydrogen) atoms. The van der Waals surface area contributed by atoms with Gasteiger partial charge in [-0.25, -0.2) is 0 Å². The maximum Gasteiger partial charge on any atom is 0.320 e. The van der Waals surface area contributed by atoms with Crippen molar-refractivity contribution in [1.82, 2.24) is 19.6 Å². The van der Waals surface area contributed by atoms with E-state index in [9.17, 15) is 29.7 Å². The zero-order valence-corrected chi connectivity index (χ0v) is 22.1. The van der Waals surface area contributed by atoms with Gasteiger partial charge in [0.2, 0.25) is 0 Å². The van der Waals surface area contributed by atoms with Gasteiger partial charge in [-0.3, -0.25) is 29.1 Å². The van der Waals surface area contributed by atoms with Crippen LogP contribution in [0.3, 0.4) is 0 Å². The van der Waals surface area contributed by atoms with Gasteiger partial charge in [-0.2, -0.15) is 5.26 Å². The quantitative estimate of drug-likeness (QED) is 0.275. The number of hydrogen-bond donors (Lipinski definition) is 3. The van der Waals surface area contributed by atoms with Crippen LogP contribution < -0.4 is 0 Å². The Labute approximate surface area is 222 Å². The predicted octanol–water partition coefficient (Wildman–Crippen LogP) is 1.06. The summed E-state index contributed by atoms with van der Waals surface area (Å²) in [6.45, 7) is 6.39. The van der Waals surface area contributed by atoms with Crippen molar-refractivity contribution in [2.45, 2.75) is 30.7 Å². The van der Waals surface area contributed by atoms with Crippen LogP contribution in [0.5, 0.6) is 0 Å². The first-order valence-electron chi connectivity index (χ1n) is 12.4. The minimum absolute atomic E-state index is 0.124. The molecule has 0 saturated carbocycles. The lowest BCUT2D eigenvalue weighted by atomic mass is 10.0. The largest absolute Gasteiger partial charge is 0.480 e. The van der Waals surface area contributed by atoms with Crippen molar-refractivity contribution >= 4 is 29.7 Å². The molecule has 0 amide bonds. The van der Waals surface area contributed by atoms with Crippen molar-refractivity contribution in [1.29, 1.82) is 5.26 Å². The van der Waals surface area contributed by atoms with Crippen molar-refractivity contribution in [2.24, 2.45) is 0 Å². The second-order valence-electron chi connectivity index (χ2n) is 9.04. The van der Waals surface area contributed by atoms with Crippen LogP contribution in [-0.2, 0) is 20.8 Å². The van der Waals surface area contributed by atoms with E-state index in [1.54, 1.807) is 0 Å². The normalized spacial score (nSPS) is 18.3. The van der Waals surface area contributed by atoms with Crippen LogP contribution in [0.4, 0.5) is 0 Å². The summed E-state index contributed by atoms with van der Waals surface area (Å²) in [5.41, 5.74) is 0.961. The lowest BCUT2D eigenvalue weighted by molar-refractivity contribution is -0.145. The highest BCUT2D eigenvalue weighted by Gasteiger charge is 2.27. The van der Waals surface area contributed by atoms with Gasteiger partial charge in [0.1, 0.15) is 11.4 Å². The molecule has 0 radical (unpaired) electrons. The summed E-state index contributed by atoms with van der Waals surface area (Å²) in [4.78, 5) is 43.7. The second kappa shape index (κ2) is 16.2. The standard InChI is InChI=1S/C25H37N5O6S/c1-2-27-9-11-28(17-23(31)32)13-15-30(16-14-29(12-10-27)18-24(33)34)22(25(35)36)8-5-20-3-6-21(7-4-20)37-19-26/h3-4,6-7,22H,2,5,8-18H2,1H3,(H,31,32)(H,33,34)(H,35,36). The molecule has 0 aromatic heterocycles. The lowest BCUT2D eigenvalue weighted by Gasteiger charge is -2.35. The molecular formula is C25H37N5O6S. The SMILES string of the molecule is CCN1CCN(CC(=O)O)CCN(C(CCc2ccc(SC#N)cc2)C(=O)O)CCN(CC(=O)O)CC1. The molecule has 12 heteroatoms. The van der Waals surface area contributed by atoms with Crippen LogP contribution in [0.15, 0.2) is 29.2 Å². The molecule has 11 nitrogen and oxygen atoms in total. The Bertz CT molecular complexity index is 893. The number of likely N-dealkylation sites (N-methyl/N-ethyl adjacent to an activating group) is 1. The molecule has 1 aliphatic rings. The van der Waals surface area contributed by atoms with E-state index >= 15 is 0 Å². The molecule has 1 aromatic carbocycles. The molecule has 0 bridgehead atoms. The molecule has 1 atom stereocenters. The summed E-state index contributed by atoms with van der Waals surface area (Å²) in [6, 6.07) is 6.64. The Morgan fingerprint density at radius 3 is 1.78 bits per heavy atom. The highest BCUT2D eigenvalue weighted by Crippen LogP contribution is 2.18. The Hall–Kier alpha value is -2.69. The molecule has 1 saturated heterocycles. The first kappa shape index (κ1) is 30.5. The van der Waals surface area contributed by atoms with Gasteiger partial charge in [0.15, 0.2) is 0 Å². The first-order chi connectivity index (χ1) is 17.7. The molecule has 0 spiro atoms. The van der Waals surface area contributed by atoms with Gasteiger partial charge in [0.25, 0.3) is 0 Å². The molecule has 1 fully saturated rings. The molecule has 1 unspecified atom stereocenters. The van der Waals surface area contributed by atoms with Gasteiger partial charge >= 0.3 is 17.9 Å². The number of benzene rings is 1. The average Bonchev–Trinajstić information content (AvgIpc) is 2.84. The number of nitriles is 1. The molecule has 1 aromatic rings. The third-order valence-electron chi connectivity index (χ3n) is 6.56. The number of aliphatic carboxylic acids is 3. The lowest BCUT2D eigenvalue weighted by Crippen LogP contribution is -2.51. The fourth-order valence-electron chi connectivity index (χ4n) is 4.42. The van der Waals surface area contributed by atoms with Crippen LogP contribution in [0.25, 0.3) is 0 Å². The monoisotopic (exact) mass is 535 g/mol. The summed E-state index contributed by atoms with van der Waals surface area (Å²) in [5, 5.41) is 39.7. The summed E-state index contributed by atoms with van der Waals surface area (Å²) in [7, 11) is 0. The molecule has 2 rings (SSSR count). The number of aryl methyl sites for hydroxylation is 1. The summed E-state index contributed by atoms with van der Waals surface area (Å²) < 4.78 is 0. The van der Waals surface area contributed by atoms with Crippen LogP contribution in [0.2, 0.25) is 0 Å². The molecule has 0 aliphatic carbocycles. The number of rotatable bonds is 11. The van der Waals surface area contributed by atoms with Gasteiger partial charge < -0.3 is 20.2 Å². The molecule has 1 heterocycles. The van der Waals surface area contributed by atoms with Crippen molar-refractivity contribution in [3.8, 4) is 5.40 Å². The predicted molar refractivity (Wildman–Crippen MR) is 139 cm³/mol. The highest BCUT2D eigenvalue weighted by molar-refractivity contribution is 8.03. The minimum atomic E-state index is -0.963. The van der Waals surface area contributed by atoms with E-state index < -0.39 is 23.9 Å². The second-order valence-corrected chi connectivity index (χ2v) is 9.90. The number of hydrogen-bond acceptors (Lipinski definition) is 9. The van der Waals surface area contributed by atoms with Crippen molar-refractivity contribution in [3.63, 3.8) is 0 Å². The van der Waals surface area contributed by atoms with E-state index in [4.69, 9.17) is 5.26 Å². The van der Waals surface area contributed by atoms with E-state index in [1.807, 2.05) is 51.3 Å². The fraction of sp³-hybridized carbons (Fsp3) is 0.600. The number of carboxylic acids is 3. The Morgan fingerprint density at radius 2 is 1.35 bits per heavy atom. The van der Waals surface area contributed by atoms with Gasteiger partial charge in [-0.05, 0) is 48.8 Å². The van der Waals surface area contributed by atoms with Gasteiger partial charge in [-0.1, -0.05) is 19.1 Å². The van der Waals surface area contributed by atoms with Crippen LogP contribution in [0.1, 0.15) is 18.9 Å². The molecule has 204 valence electrons. The van der Waals surface area contributed by atoms with Gasteiger partial charge in [0, 0.05) is 57.3 Å². The molecular weight excluding hydrogens is 498 g/mol. The van der Waals surface area contributed by atoms with Crippen LogP contribution in [-0.4, -0.2) is 131 Å². The van der Waals surface area contributed by atoms with Crippen molar-refractivity contribution in [2.75, 3.05) is 72.0 Å². The molecule has 1 aliphatic heterocycles. The number of carbonyl (C=O) groups is 3. The van der Waals surface area contributed by atoms with E-state index in [0.717, 1.165) is 28.8 Å². The maximum absolute atomic E-state index is 12.3. The third kappa shape index (κ3) is 11.5. The summed E-state index contributed by atoms with van der Waals surface area (Å²) >= 11 is 1.06. The van der Waals surface area contributed by atoms with E-state index in [0.29, 0.717) is 65.2 Å². The summed E-state index contributed by atoms with van der Waals surface area (Å²) in [6.07, 6.45) is 0.871. The Kier molecular flexibility index (Phi) is 13.4. The average molecular weight is 536 g/mol. The topological polar surface area (TPSA) is 149 Å². The van der Waals surface area contributed by atoms with E-state index in [2.05, 4.69) is 4.90 Å². The highest BCUT2D eigenvalue weighted by atomic mass is 32.2. The van der Waals surface area contributed by atoms with Crippen molar-refractivity contribution in [3.05, 3.63) is 29.8 Å². The maximum atomic E-state index is 12.3. The molecule has 3 N–H and O–H groups in total. The zero-order valence-electron chi connectivity index (χ0n) is 21.3. The number of thioether (sulfide) groups is 1. The fourth-order valence-corrected chi connectivity index (χ4v) is 4.80. The Morgan fingerprint density at radius 1 is 0.865 bits per heavy atom. The number of thiocyanates is 1. The number of nitrogens with zero attached hydrogens (tertiary/aromatic N) is 5. The van der Waals surface area contributed by atoms with Gasteiger partial charge in [0.05, 0.1) is 13.1 Å².